The number of halogens is 1. The van der Waals surface area contributed by atoms with Crippen LogP contribution in [0.3, 0.4) is 0 Å². The molecule has 2 aromatic carbocycles. The number of hydrogen-bond donors (Lipinski definition) is 0. The number of rotatable bonds is 5. The predicted molar refractivity (Wildman–Crippen MR) is 119 cm³/mol. The van der Waals surface area contributed by atoms with Crippen molar-refractivity contribution < 1.29 is 14.5 Å². The fourth-order valence-electron chi connectivity index (χ4n) is 3.72. The monoisotopic (exact) mass is 456 g/mol. The summed E-state index contributed by atoms with van der Waals surface area (Å²) in [5.41, 5.74) is 2.09. The average Bonchev–Trinajstić information content (AvgIpc) is 3.20. The normalized spacial score (nSPS) is 13.8. The number of methoxy groups -OCH3 is 1. The zero-order valence-corrected chi connectivity index (χ0v) is 18.3. The molecule has 0 atom stereocenters. The second kappa shape index (κ2) is 8.83. The Bertz CT molecular complexity index is 1170. The fourth-order valence-corrected chi connectivity index (χ4v) is 3.89. The molecule has 10 nitrogen and oxygen atoms in total. The molecule has 3 aromatic rings. The topological polar surface area (TPSA) is 107 Å². The van der Waals surface area contributed by atoms with E-state index in [4.69, 9.17) is 16.3 Å². The van der Waals surface area contributed by atoms with Crippen LogP contribution in [-0.4, -0.2) is 64.0 Å². The van der Waals surface area contributed by atoms with Crippen LogP contribution >= 0.6 is 11.6 Å². The summed E-state index contributed by atoms with van der Waals surface area (Å²) in [6.07, 6.45) is 0. The molecule has 0 aliphatic carbocycles. The lowest BCUT2D eigenvalue weighted by Crippen LogP contribution is -2.49. The van der Waals surface area contributed by atoms with E-state index in [1.165, 1.54) is 6.07 Å². The van der Waals surface area contributed by atoms with Crippen molar-refractivity contribution in [3.05, 3.63) is 69.0 Å². The van der Waals surface area contributed by atoms with E-state index < -0.39 is 4.92 Å². The summed E-state index contributed by atoms with van der Waals surface area (Å²) >= 11 is 5.91. The van der Waals surface area contributed by atoms with Crippen molar-refractivity contribution in [2.24, 2.45) is 0 Å². The highest BCUT2D eigenvalue weighted by Crippen LogP contribution is 2.31. The minimum absolute atomic E-state index is 0.0469. The van der Waals surface area contributed by atoms with Gasteiger partial charge in [-0.25, -0.2) is 4.68 Å². The van der Waals surface area contributed by atoms with E-state index in [-0.39, 0.29) is 17.3 Å². The second-order valence-corrected chi connectivity index (χ2v) is 7.74. The molecular weight excluding hydrogens is 436 g/mol. The number of benzene rings is 2. The molecule has 2 heterocycles. The molecule has 166 valence electrons. The van der Waals surface area contributed by atoms with Crippen LogP contribution in [-0.2, 0) is 0 Å². The van der Waals surface area contributed by atoms with Crippen LogP contribution in [0.25, 0.3) is 5.69 Å². The molecular formula is C21H21ClN6O4. The summed E-state index contributed by atoms with van der Waals surface area (Å²) < 4.78 is 6.85. The highest BCUT2D eigenvalue weighted by Gasteiger charge is 2.29. The van der Waals surface area contributed by atoms with Gasteiger partial charge in [-0.3, -0.25) is 14.9 Å². The number of carbonyl (C=O) groups excluding carboxylic acids is 1. The Morgan fingerprint density at radius 3 is 2.59 bits per heavy atom. The average molecular weight is 457 g/mol. The van der Waals surface area contributed by atoms with Crippen molar-refractivity contribution in [1.82, 2.24) is 19.9 Å². The SMILES string of the molecule is COc1cccc(-n2nnc(C(=O)N3CCN(c4ccc(Cl)cc4[N+](=O)[O-])CC3)c2C)c1. The number of carbonyl (C=O) groups is 1. The van der Waals surface area contributed by atoms with E-state index in [0.29, 0.717) is 48.3 Å². The Morgan fingerprint density at radius 1 is 1.16 bits per heavy atom. The third kappa shape index (κ3) is 4.09. The first-order chi connectivity index (χ1) is 15.4. The van der Waals surface area contributed by atoms with Crippen LogP contribution in [0.4, 0.5) is 11.4 Å². The number of hydrogen-bond acceptors (Lipinski definition) is 7. The zero-order valence-electron chi connectivity index (χ0n) is 17.6. The van der Waals surface area contributed by atoms with Gasteiger partial charge < -0.3 is 14.5 Å². The van der Waals surface area contributed by atoms with Gasteiger partial charge in [0, 0.05) is 43.3 Å². The summed E-state index contributed by atoms with van der Waals surface area (Å²) in [5.74, 6) is 0.458. The smallest absolute Gasteiger partial charge is 0.294 e. The maximum atomic E-state index is 13.1. The third-order valence-electron chi connectivity index (χ3n) is 5.44. The predicted octanol–water partition coefficient (Wildman–Crippen LogP) is 3.11. The molecule has 0 unspecified atom stereocenters. The number of anilines is 1. The van der Waals surface area contributed by atoms with Gasteiger partial charge in [0.1, 0.15) is 11.4 Å². The zero-order chi connectivity index (χ0) is 22.8. The first-order valence-corrected chi connectivity index (χ1v) is 10.3. The summed E-state index contributed by atoms with van der Waals surface area (Å²) in [4.78, 5) is 27.6. The molecule has 32 heavy (non-hydrogen) atoms. The number of ether oxygens (including phenoxy) is 1. The van der Waals surface area contributed by atoms with Gasteiger partial charge in [-0.1, -0.05) is 22.9 Å². The molecule has 0 saturated carbocycles. The number of nitrogens with zero attached hydrogens (tertiary/aromatic N) is 6. The molecule has 0 N–H and O–H groups in total. The van der Waals surface area contributed by atoms with E-state index in [9.17, 15) is 14.9 Å². The van der Waals surface area contributed by atoms with Gasteiger partial charge in [0.2, 0.25) is 0 Å². The molecule has 0 spiro atoms. The lowest BCUT2D eigenvalue weighted by atomic mass is 10.2. The van der Waals surface area contributed by atoms with Gasteiger partial charge in [-0.2, -0.15) is 0 Å². The van der Waals surface area contributed by atoms with Crippen LogP contribution in [0.2, 0.25) is 5.02 Å². The van der Waals surface area contributed by atoms with Gasteiger partial charge in [-0.15, -0.1) is 5.10 Å². The summed E-state index contributed by atoms with van der Waals surface area (Å²) in [5, 5.41) is 20.0. The Hall–Kier alpha value is -3.66. The molecule has 1 aromatic heterocycles. The van der Waals surface area contributed by atoms with Gasteiger partial charge in [0.25, 0.3) is 11.6 Å². The van der Waals surface area contributed by atoms with Crippen LogP contribution < -0.4 is 9.64 Å². The van der Waals surface area contributed by atoms with Gasteiger partial charge in [0.05, 0.1) is 23.4 Å². The Balaban J connectivity index is 1.49. The van der Waals surface area contributed by atoms with E-state index in [0.717, 1.165) is 5.69 Å². The molecule has 0 bridgehead atoms. The second-order valence-electron chi connectivity index (χ2n) is 7.31. The van der Waals surface area contributed by atoms with Crippen molar-refractivity contribution in [3.8, 4) is 11.4 Å². The Labute approximate surface area is 189 Å². The molecule has 4 rings (SSSR count). The highest BCUT2D eigenvalue weighted by molar-refractivity contribution is 6.30. The lowest BCUT2D eigenvalue weighted by Gasteiger charge is -2.35. The van der Waals surface area contributed by atoms with Crippen molar-refractivity contribution in [1.29, 1.82) is 0 Å². The van der Waals surface area contributed by atoms with Crippen LogP contribution in [0.5, 0.6) is 5.75 Å². The molecule has 1 amide bonds. The number of nitro groups is 1. The first kappa shape index (κ1) is 21.6. The van der Waals surface area contributed by atoms with Crippen molar-refractivity contribution in [2.75, 3.05) is 38.2 Å². The maximum absolute atomic E-state index is 13.1. The number of nitro benzene ring substituents is 1. The van der Waals surface area contributed by atoms with Gasteiger partial charge in [0.15, 0.2) is 5.69 Å². The molecule has 11 heteroatoms. The van der Waals surface area contributed by atoms with Crippen LogP contribution in [0, 0.1) is 17.0 Å². The van der Waals surface area contributed by atoms with Crippen LogP contribution in [0.15, 0.2) is 42.5 Å². The summed E-state index contributed by atoms with van der Waals surface area (Å²) in [6, 6.07) is 11.9. The van der Waals surface area contributed by atoms with E-state index >= 15 is 0 Å². The highest BCUT2D eigenvalue weighted by atomic mass is 35.5. The Kier molecular flexibility index (Phi) is 5.95. The molecule has 1 aliphatic rings. The summed E-state index contributed by atoms with van der Waals surface area (Å²) in [6.45, 7) is 3.52. The van der Waals surface area contributed by atoms with Crippen molar-refractivity contribution in [2.45, 2.75) is 6.92 Å². The fraction of sp³-hybridized carbons (Fsp3) is 0.286. The van der Waals surface area contributed by atoms with Gasteiger partial charge in [-0.05, 0) is 31.2 Å². The van der Waals surface area contributed by atoms with Crippen LogP contribution in [0.1, 0.15) is 16.2 Å². The quantitative estimate of drug-likeness (QED) is 0.429. The van der Waals surface area contributed by atoms with E-state index in [1.54, 1.807) is 35.7 Å². The largest absolute Gasteiger partial charge is 0.497 e. The third-order valence-corrected chi connectivity index (χ3v) is 5.67. The standard InChI is InChI=1S/C21H21ClN6O4/c1-14-20(23-24-27(14)16-4-3-5-17(13-16)32-2)21(29)26-10-8-25(9-11-26)18-7-6-15(22)12-19(18)28(30)31/h3-7,12-13H,8-11H2,1-2H3. The number of aromatic nitrogens is 3. The van der Waals surface area contributed by atoms with E-state index in [1.807, 2.05) is 29.2 Å². The summed E-state index contributed by atoms with van der Waals surface area (Å²) in [7, 11) is 1.58. The lowest BCUT2D eigenvalue weighted by molar-refractivity contribution is -0.384. The van der Waals surface area contributed by atoms with E-state index in [2.05, 4.69) is 10.3 Å². The minimum Gasteiger partial charge on any atom is -0.497 e. The molecule has 0 radical (unpaired) electrons. The molecule has 1 saturated heterocycles. The minimum atomic E-state index is -0.445. The number of amides is 1. The molecule has 1 aliphatic heterocycles. The molecule has 1 fully saturated rings. The number of piperazine rings is 1. The van der Waals surface area contributed by atoms with Crippen molar-refractivity contribution >= 4 is 28.9 Å². The maximum Gasteiger partial charge on any atom is 0.294 e. The van der Waals surface area contributed by atoms with Gasteiger partial charge >= 0.3 is 0 Å². The Morgan fingerprint density at radius 2 is 1.91 bits per heavy atom. The van der Waals surface area contributed by atoms with Crippen molar-refractivity contribution in [3.63, 3.8) is 0 Å². The first-order valence-electron chi connectivity index (χ1n) is 9.94.